The maximum Gasteiger partial charge on any atom is 0.303 e. The third-order valence-electron chi connectivity index (χ3n) is 3.24. The fourth-order valence-corrected chi connectivity index (χ4v) is 3.09. The SMILES string of the molecule is O=C(O)CC1CCN(Cc2ccc(Br)cc2Cl)C1. The predicted molar refractivity (Wildman–Crippen MR) is 74.8 cm³/mol. The molecule has 1 aliphatic rings. The lowest BCUT2D eigenvalue weighted by Gasteiger charge is -2.16. The van der Waals surface area contributed by atoms with E-state index in [2.05, 4.69) is 20.8 Å². The maximum absolute atomic E-state index is 10.7. The van der Waals surface area contributed by atoms with E-state index < -0.39 is 5.97 Å². The van der Waals surface area contributed by atoms with Crippen LogP contribution in [-0.4, -0.2) is 29.1 Å². The van der Waals surface area contributed by atoms with Crippen molar-refractivity contribution in [3.63, 3.8) is 0 Å². The van der Waals surface area contributed by atoms with Crippen molar-refractivity contribution in [3.8, 4) is 0 Å². The van der Waals surface area contributed by atoms with Crippen molar-refractivity contribution < 1.29 is 9.90 Å². The van der Waals surface area contributed by atoms with Gasteiger partial charge in [-0.2, -0.15) is 0 Å². The number of nitrogens with zero attached hydrogens (tertiary/aromatic N) is 1. The molecule has 0 aromatic heterocycles. The molecule has 1 unspecified atom stereocenters. The van der Waals surface area contributed by atoms with Crippen LogP contribution in [0.5, 0.6) is 0 Å². The van der Waals surface area contributed by atoms with Crippen LogP contribution >= 0.6 is 27.5 Å². The molecule has 0 aliphatic carbocycles. The van der Waals surface area contributed by atoms with Crippen LogP contribution in [-0.2, 0) is 11.3 Å². The Balaban J connectivity index is 1.93. The zero-order chi connectivity index (χ0) is 13.1. The molecule has 18 heavy (non-hydrogen) atoms. The Hall–Kier alpha value is -0.580. The zero-order valence-corrected chi connectivity index (χ0v) is 12.2. The number of hydrogen-bond donors (Lipinski definition) is 1. The minimum absolute atomic E-state index is 0.268. The van der Waals surface area contributed by atoms with Gasteiger partial charge in [0.2, 0.25) is 0 Å². The standard InChI is InChI=1S/C13H15BrClNO2/c14-11-2-1-10(12(15)6-11)8-16-4-3-9(7-16)5-13(17)18/h1-2,6,9H,3-5,7-8H2,(H,17,18). The number of carboxylic acids is 1. The summed E-state index contributed by atoms with van der Waals surface area (Å²) in [6.07, 6.45) is 1.23. The van der Waals surface area contributed by atoms with E-state index in [1.807, 2.05) is 18.2 Å². The van der Waals surface area contributed by atoms with E-state index in [0.29, 0.717) is 0 Å². The Bertz CT molecular complexity index is 453. The molecule has 1 N–H and O–H groups in total. The Kier molecular flexibility index (Phi) is 4.65. The van der Waals surface area contributed by atoms with Gasteiger partial charge in [0.25, 0.3) is 0 Å². The lowest BCUT2D eigenvalue weighted by Crippen LogP contribution is -2.21. The first-order valence-electron chi connectivity index (χ1n) is 5.92. The Morgan fingerprint density at radius 3 is 3.00 bits per heavy atom. The first-order chi connectivity index (χ1) is 8.54. The van der Waals surface area contributed by atoms with Crippen molar-refractivity contribution in [2.24, 2.45) is 5.92 Å². The number of carbonyl (C=O) groups is 1. The highest BCUT2D eigenvalue weighted by molar-refractivity contribution is 9.10. The van der Waals surface area contributed by atoms with Gasteiger partial charge in [-0.25, -0.2) is 0 Å². The van der Waals surface area contributed by atoms with Crippen molar-refractivity contribution >= 4 is 33.5 Å². The van der Waals surface area contributed by atoms with Crippen molar-refractivity contribution in [3.05, 3.63) is 33.3 Å². The maximum atomic E-state index is 10.7. The van der Waals surface area contributed by atoms with Crippen LogP contribution in [0, 0.1) is 5.92 Å². The van der Waals surface area contributed by atoms with Crippen molar-refractivity contribution in [2.75, 3.05) is 13.1 Å². The van der Waals surface area contributed by atoms with Gasteiger partial charge in [-0.15, -0.1) is 0 Å². The number of carboxylic acid groups (broad SMARTS) is 1. The summed E-state index contributed by atoms with van der Waals surface area (Å²) in [4.78, 5) is 12.9. The molecule has 0 amide bonds. The number of halogens is 2. The van der Waals surface area contributed by atoms with Crippen LogP contribution in [0.2, 0.25) is 5.02 Å². The average molecular weight is 333 g/mol. The van der Waals surface area contributed by atoms with E-state index in [1.54, 1.807) is 0 Å². The van der Waals surface area contributed by atoms with E-state index in [9.17, 15) is 4.79 Å². The largest absolute Gasteiger partial charge is 0.481 e. The quantitative estimate of drug-likeness (QED) is 0.918. The molecule has 1 aliphatic heterocycles. The van der Waals surface area contributed by atoms with E-state index in [-0.39, 0.29) is 12.3 Å². The summed E-state index contributed by atoms with van der Waals surface area (Å²) in [6, 6.07) is 5.88. The molecule has 98 valence electrons. The third kappa shape index (κ3) is 3.70. The van der Waals surface area contributed by atoms with Crippen molar-refractivity contribution in [1.82, 2.24) is 4.90 Å². The van der Waals surface area contributed by atoms with E-state index in [0.717, 1.165) is 41.1 Å². The lowest BCUT2D eigenvalue weighted by molar-refractivity contribution is -0.138. The summed E-state index contributed by atoms with van der Waals surface area (Å²) in [6.45, 7) is 2.59. The Labute approximate surface area is 120 Å². The highest BCUT2D eigenvalue weighted by Crippen LogP contribution is 2.26. The number of likely N-dealkylation sites (tertiary alicyclic amines) is 1. The summed E-state index contributed by atoms with van der Waals surface area (Å²) in [7, 11) is 0. The van der Waals surface area contributed by atoms with Gasteiger partial charge >= 0.3 is 5.97 Å². The Morgan fingerprint density at radius 2 is 2.33 bits per heavy atom. The summed E-state index contributed by atoms with van der Waals surface area (Å²) in [5, 5.41) is 9.54. The first-order valence-corrected chi connectivity index (χ1v) is 7.10. The van der Waals surface area contributed by atoms with Gasteiger partial charge in [-0.3, -0.25) is 9.69 Å². The minimum Gasteiger partial charge on any atom is -0.481 e. The molecule has 0 bridgehead atoms. The fraction of sp³-hybridized carbons (Fsp3) is 0.462. The van der Waals surface area contributed by atoms with Crippen LogP contribution in [0.3, 0.4) is 0 Å². The van der Waals surface area contributed by atoms with E-state index >= 15 is 0 Å². The molecule has 0 spiro atoms. The van der Waals surface area contributed by atoms with Crippen LogP contribution in [0.4, 0.5) is 0 Å². The summed E-state index contributed by atoms with van der Waals surface area (Å²) < 4.78 is 0.974. The molecule has 1 fully saturated rings. The highest BCUT2D eigenvalue weighted by Gasteiger charge is 2.24. The summed E-state index contributed by atoms with van der Waals surface area (Å²) in [5.41, 5.74) is 1.09. The van der Waals surface area contributed by atoms with Crippen LogP contribution < -0.4 is 0 Å². The van der Waals surface area contributed by atoms with Crippen LogP contribution in [0.15, 0.2) is 22.7 Å². The van der Waals surface area contributed by atoms with Gasteiger partial charge in [-0.05, 0) is 36.6 Å². The Morgan fingerprint density at radius 1 is 1.56 bits per heavy atom. The number of rotatable bonds is 4. The number of hydrogen-bond acceptors (Lipinski definition) is 2. The molecule has 1 heterocycles. The molecule has 3 nitrogen and oxygen atoms in total. The molecule has 1 saturated heterocycles. The molecular formula is C13H15BrClNO2. The van der Waals surface area contributed by atoms with Crippen LogP contribution in [0.1, 0.15) is 18.4 Å². The van der Waals surface area contributed by atoms with Crippen LogP contribution in [0.25, 0.3) is 0 Å². The predicted octanol–water partition coefficient (Wildman–Crippen LogP) is 3.40. The topological polar surface area (TPSA) is 40.5 Å². The normalized spacial score (nSPS) is 20.2. The van der Waals surface area contributed by atoms with Gasteiger partial charge in [0.05, 0.1) is 0 Å². The van der Waals surface area contributed by atoms with E-state index in [4.69, 9.17) is 16.7 Å². The van der Waals surface area contributed by atoms with Gasteiger partial charge < -0.3 is 5.11 Å². The second-order valence-electron chi connectivity index (χ2n) is 4.72. The molecule has 5 heteroatoms. The second-order valence-corrected chi connectivity index (χ2v) is 6.05. The number of benzene rings is 1. The lowest BCUT2D eigenvalue weighted by atomic mass is 10.1. The monoisotopic (exact) mass is 331 g/mol. The average Bonchev–Trinajstić information content (AvgIpc) is 2.69. The van der Waals surface area contributed by atoms with Crippen molar-refractivity contribution in [1.29, 1.82) is 0 Å². The summed E-state index contributed by atoms with van der Waals surface area (Å²) >= 11 is 9.56. The molecular weight excluding hydrogens is 318 g/mol. The van der Waals surface area contributed by atoms with Gasteiger partial charge in [0.1, 0.15) is 0 Å². The van der Waals surface area contributed by atoms with Crippen molar-refractivity contribution in [2.45, 2.75) is 19.4 Å². The van der Waals surface area contributed by atoms with Gasteiger partial charge in [0.15, 0.2) is 0 Å². The number of aliphatic carboxylic acids is 1. The van der Waals surface area contributed by atoms with Gasteiger partial charge in [0, 0.05) is 29.0 Å². The third-order valence-corrected chi connectivity index (χ3v) is 4.09. The summed E-state index contributed by atoms with van der Waals surface area (Å²) in [5.74, 6) is -0.430. The smallest absolute Gasteiger partial charge is 0.303 e. The van der Waals surface area contributed by atoms with Gasteiger partial charge in [-0.1, -0.05) is 33.6 Å². The fourth-order valence-electron chi connectivity index (χ4n) is 2.36. The molecule has 0 saturated carbocycles. The molecule has 1 aromatic carbocycles. The molecule has 1 atom stereocenters. The molecule has 1 aromatic rings. The zero-order valence-electron chi connectivity index (χ0n) is 9.90. The molecule has 2 rings (SSSR count). The first kappa shape index (κ1) is 13.8. The second kappa shape index (κ2) is 6.04. The highest BCUT2D eigenvalue weighted by atomic mass is 79.9. The molecule has 0 radical (unpaired) electrons. The minimum atomic E-state index is -0.705. The van der Waals surface area contributed by atoms with E-state index in [1.165, 1.54) is 0 Å².